The lowest BCUT2D eigenvalue weighted by Crippen LogP contribution is -2.34. The predicted octanol–water partition coefficient (Wildman–Crippen LogP) is 4.36. The first-order valence-electron chi connectivity index (χ1n) is 10.3. The number of carbonyl (C=O) groups is 2. The van der Waals surface area contributed by atoms with Crippen LogP contribution in [-0.4, -0.2) is 46.0 Å². The first-order valence-corrected chi connectivity index (χ1v) is 11.5. The van der Waals surface area contributed by atoms with Gasteiger partial charge >= 0.3 is 5.97 Å². The van der Waals surface area contributed by atoms with E-state index in [1.807, 2.05) is 25.1 Å². The number of hydrogen-bond donors (Lipinski definition) is 3. The third kappa shape index (κ3) is 3.91. The molecule has 0 radical (unpaired) electrons. The molecule has 1 aliphatic heterocycles. The number of ether oxygens (including phenoxy) is 1. The number of esters is 1. The van der Waals surface area contributed by atoms with Crippen LogP contribution in [0.3, 0.4) is 0 Å². The van der Waals surface area contributed by atoms with Crippen molar-refractivity contribution in [2.24, 2.45) is 0 Å². The van der Waals surface area contributed by atoms with Crippen molar-refractivity contribution in [1.82, 2.24) is 20.3 Å². The van der Waals surface area contributed by atoms with Gasteiger partial charge < -0.3 is 20.7 Å². The largest absolute Gasteiger partial charge is 0.462 e. The Labute approximate surface area is 197 Å². The van der Waals surface area contributed by atoms with Gasteiger partial charge in [-0.1, -0.05) is 0 Å². The Hall–Kier alpha value is -3.50. The van der Waals surface area contributed by atoms with E-state index in [1.54, 1.807) is 13.0 Å². The summed E-state index contributed by atoms with van der Waals surface area (Å²) in [6.07, 6.45) is 1.32. The molecule has 4 aromatic rings. The van der Waals surface area contributed by atoms with E-state index in [1.165, 1.54) is 17.5 Å². The Kier molecular flexibility index (Phi) is 5.47. The number of pyridine rings is 1. The molecule has 1 aromatic carbocycles. The van der Waals surface area contributed by atoms with E-state index in [0.717, 1.165) is 26.7 Å². The fourth-order valence-electron chi connectivity index (χ4n) is 3.73. The number of benzene rings is 1. The number of hydrogen-bond acceptors (Lipinski definition) is 9. The van der Waals surface area contributed by atoms with Crippen LogP contribution in [0.1, 0.15) is 33.9 Å². The molecule has 0 aliphatic carbocycles. The SMILES string of the molecule is CCOC(=O)c1cnc(Cl)nc1Nc1ccc2c(ccc3sc4c(c32)NC[C@@H](C)NC4=O)n1. The standard InChI is InChI=1S/C22H19ClN6O3S/c1-3-32-21(31)12-9-25-22(23)29-19(12)28-15-7-4-11-13(27-15)5-6-14-16(11)17-18(33-14)20(30)26-10(2)8-24-17/h4-7,9-10,24H,3,8H2,1-2H3,(H,26,30)(H,25,27,28,29)/t10-/m1/s1. The van der Waals surface area contributed by atoms with Crippen LogP contribution < -0.4 is 16.0 Å². The maximum Gasteiger partial charge on any atom is 0.343 e. The summed E-state index contributed by atoms with van der Waals surface area (Å²) in [7, 11) is 0. The molecule has 168 valence electrons. The molecule has 3 aromatic heterocycles. The maximum absolute atomic E-state index is 12.6. The summed E-state index contributed by atoms with van der Waals surface area (Å²) in [4.78, 5) is 38.2. The second-order valence-corrected chi connectivity index (χ2v) is 8.90. The van der Waals surface area contributed by atoms with Gasteiger partial charge in [0.15, 0.2) is 5.82 Å². The summed E-state index contributed by atoms with van der Waals surface area (Å²) >= 11 is 7.40. The zero-order chi connectivity index (χ0) is 23.1. The van der Waals surface area contributed by atoms with Gasteiger partial charge in [-0.15, -0.1) is 11.3 Å². The number of nitrogens with zero attached hydrogens (tertiary/aromatic N) is 3. The minimum atomic E-state index is -0.557. The Morgan fingerprint density at radius 3 is 2.97 bits per heavy atom. The zero-order valence-corrected chi connectivity index (χ0v) is 19.3. The van der Waals surface area contributed by atoms with Gasteiger partial charge in [-0.2, -0.15) is 4.98 Å². The van der Waals surface area contributed by atoms with Crippen molar-refractivity contribution in [3.63, 3.8) is 0 Å². The van der Waals surface area contributed by atoms with E-state index in [0.29, 0.717) is 17.2 Å². The van der Waals surface area contributed by atoms with Gasteiger partial charge in [0.05, 0.1) is 17.8 Å². The monoisotopic (exact) mass is 482 g/mol. The zero-order valence-electron chi connectivity index (χ0n) is 17.7. The number of amides is 1. The highest BCUT2D eigenvalue weighted by Crippen LogP contribution is 2.41. The molecule has 0 spiro atoms. The van der Waals surface area contributed by atoms with E-state index in [2.05, 4.69) is 25.9 Å². The topological polar surface area (TPSA) is 118 Å². The van der Waals surface area contributed by atoms with Crippen LogP contribution in [0.15, 0.2) is 30.5 Å². The van der Waals surface area contributed by atoms with Crippen LogP contribution in [0.5, 0.6) is 0 Å². The van der Waals surface area contributed by atoms with Crippen molar-refractivity contribution in [2.45, 2.75) is 19.9 Å². The highest BCUT2D eigenvalue weighted by atomic mass is 35.5. The predicted molar refractivity (Wildman–Crippen MR) is 129 cm³/mol. The Bertz CT molecular complexity index is 1420. The Balaban J connectivity index is 1.57. The highest BCUT2D eigenvalue weighted by molar-refractivity contribution is 7.21. The molecular weight excluding hydrogens is 464 g/mol. The molecule has 0 bridgehead atoms. The average Bonchev–Trinajstić information content (AvgIpc) is 3.10. The van der Waals surface area contributed by atoms with Crippen LogP contribution in [-0.2, 0) is 4.74 Å². The van der Waals surface area contributed by atoms with E-state index in [4.69, 9.17) is 21.3 Å². The lowest BCUT2D eigenvalue weighted by atomic mass is 10.1. The summed E-state index contributed by atoms with van der Waals surface area (Å²) in [6, 6.07) is 7.61. The lowest BCUT2D eigenvalue weighted by Gasteiger charge is -2.11. The van der Waals surface area contributed by atoms with Crippen LogP contribution in [0.4, 0.5) is 17.3 Å². The van der Waals surface area contributed by atoms with Crippen LogP contribution in [0.2, 0.25) is 5.28 Å². The lowest BCUT2D eigenvalue weighted by molar-refractivity contribution is 0.0526. The number of halogens is 1. The third-order valence-corrected chi connectivity index (χ3v) is 6.53. The van der Waals surface area contributed by atoms with Crippen molar-refractivity contribution in [3.8, 4) is 0 Å². The molecule has 11 heteroatoms. The van der Waals surface area contributed by atoms with E-state index < -0.39 is 5.97 Å². The molecule has 33 heavy (non-hydrogen) atoms. The van der Waals surface area contributed by atoms with Gasteiger partial charge in [0.2, 0.25) is 5.28 Å². The van der Waals surface area contributed by atoms with Gasteiger partial charge in [0, 0.05) is 34.3 Å². The van der Waals surface area contributed by atoms with Gasteiger partial charge in [-0.05, 0) is 49.7 Å². The number of nitrogens with one attached hydrogen (secondary N) is 3. The Morgan fingerprint density at radius 2 is 2.15 bits per heavy atom. The smallest absolute Gasteiger partial charge is 0.343 e. The first kappa shape index (κ1) is 21.4. The number of anilines is 3. The Morgan fingerprint density at radius 1 is 1.30 bits per heavy atom. The molecule has 1 amide bonds. The minimum absolute atomic E-state index is 0.00686. The van der Waals surface area contributed by atoms with E-state index in [-0.39, 0.29) is 35.2 Å². The molecule has 0 saturated heterocycles. The summed E-state index contributed by atoms with van der Waals surface area (Å²) in [5.41, 5.74) is 1.72. The molecule has 1 atom stereocenters. The van der Waals surface area contributed by atoms with Gasteiger partial charge in [-0.25, -0.2) is 14.8 Å². The normalized spacial score (nSPS) is 15.5. The van der Waals surface area contributed by atoms with Gasteiger partial charge in [0.25, 0.3) is 5.91 Å². The molecule has 0 unspecified atom stereocenters. The molecule has 4 heterocycles. The molecule has 0 fully saturated rings. The quantitative estimate of drug-likeness (QED) is 0.290. The number of thiophene rings is 1. The first-order chi connectivity index (χ1) is 15.9. The molecule has 5 rings (SSSR count). The maximum atomic E-state index is 12.6. The molecule has 3 N–H and O–H groups in total. The van der Waals surface area contributed by atoms with Crippen molar-refractivity contribution in [3.05, 3.63) is 46.2 Å². The van der Waals surface area contributed by atoms with Crippen molar-refractivity contribution in [2.75, 3.05) is 23.8 Å². The van der Waals surface area contributed by atoms with E-state index in [9.17, 15) is 9.59 Å². The minimum Gasteiger partial charge on any atom is -0.462 e. The fraction of sp³-hybridized carbons (Fsp3) is 0.227. The van der Waals surface area contributed by atoms with Crippen molar-refractivity contribution >= 4 is 73.1 Å². The van der Waals surface area contributed by atoms with Crippen molar-refractivity contribution < 1.29 is 14.3 Å². The van der Waals surface area contributed by atoms with Crippen LogP contribution >= 0.6 is 22.9 Å². The summed E-state index contributed by atoms with van der Waals surface area (Å²) in [6.45, 7) is 4.54. The molecular formula is C22H19ClN6O3S. The fourth-order valence-corrected chi connectivity index (χ4v) is 4.96. The summed E-state index contributed by atoms with van der Waals surface area (Å²) in [5.74, 6) is 0.0508. The van der Waals surface area contributed by atoms with E-state index >= 15 is 0 Å². The number of carbonyl (C=O) groups excluding carboxylic acids is 2. The van der Waals surface area contributed by atoms with Crippen LogP contribution in [0, 0.1) is 0 Å². The van der Waals surface area contributed by atoms with Crippen molar-refractivity contribution in [1.29, 1.82) is 0 Å². The summed E-state index contributed by atoms with van der Waals surface area (Å²) in [5, 5.41) is 11.3. The van der Waals surface area contributed by atoms with Gasteiger partial charge in [-0.3, -0.25) is 4.79 Å². The van der Waals surface area contributed by atoms with Crippen LogP contribution in [0.25, 0.3) is 21.0 Å². The van der Waals surface area contributed by atoms with Gasteiger partial charge in [0.1, 0.15) is 16.3 Å². The highest BCUT2D eigenvalue weighted by Gasteiger charge is 2.25. The third-order valence-electron chi connectivity index (χ3n) is 5.19. The number of rotatable bonds is 4. The molecule has 9 nitrogen and oxygen atoms in total. The second kappa shape index (κ2) is 8.45. The molecule has 1 aliphatic rings. The molecule has 0 saturated carbocycles. The summed E-state index contributed by atoms with van der Waals surface area (Å²) < 4.78 is 6.07. The second-order valence-electron chi connectivity index (χ2n) is 7.51. The number of aromatic nitrogens is 3. The average molecular weight is 483 g/mol. The number of fused-ring (bicyclic) bond motifs is 5.